The lowest BCUT2D eigenvalue weighted by atomic mass is 10.1. The molecular weight excluding hydrogens is 234 g/mol. The van der Waals surface area contributed by atoms with Gasteiger partial charge in [-0.25, -0.2) is 0 Å². The monoisotopic (exact) mass is 257 g/mol. The van der Waals surface area contributed by atoms with E-state index in [9.17, 15) is 0 Å². The van der Waals surface area contributed by atoms with E-state index >= 15 is 0 Å². The fourth-order valence-electron chi connectivity index (χ4n) is 1.58. The first-order valence-electron chi connectivity index (χ1n) is 5.97. The zero-order valence-corrected chi connectivity index (χ0v) is 12.3. The van der Waals surface area contributed by atoms with Crippen molar-refractivity contribution >= 4 is 23.1 Å². The Morgan fingerprint density at radius 1 is 1.44 bits per heavy atom. The van der Waals surface area contributed by atoms with E-state index in [1.54, 1.807) is 0 Å². The van der Waals surface area contributed by atoms with Crippen molar-refractivity contribution in [2.45, 2.75) is 45.4 Å². The van der Waals surface area contributed by atoms with Gasteiger partial charge in [-0.1, -0.05) is 20.8 Å². The van der Waals surface area contributed by atoms with Crippen LogP contribution in [-0.4, -0.2) is 11.8 Å². The number of nitrogens with two attached hydrogens (primary N) is 1. The molecule has 2 unspecified atom stereocenters. The normalized spacial score (nSPS) is 15.4. The molecule has 0 amide bonds. The van der Waals surface area contributed by atoms with Gasteiger partial charge in [0.1, 0.15) is 0 Å². The average Bonchev–Trinajstić information content (AvgIpc) is 2.64. The lowest BCUT2D eigenvalue weighted by Crippen LogP contribution is -2.26. The third-order valence-electron chi connectivity index (χ3n) is 2.63. The van der Waals surface area contributed by atoms with Crippen molar-refractivity contribution in [2.24, 2.45) is 11.7 Å². The Bertz CT molecular complexity index is 307. The van der Waals surface area contributed by atoms with E-state index in [2.05, 4.69) is 39.1 Å². The Labute approximate surface area is 108 Å². The van der Waals surface area contributed by atoms with Gasteiger partial charge in [0.15, 0.2) is 0 Å². The highest BCUT2D eigenvalue weighted by molar-refractivity contribution is 7.99. The minimum absolute atomic E-state index is 0.279. The smallest absolute Gasteiger partial charge is 0.0544 e. The molecule has 0 fully saturated rings. The zero-order chi connectivity index (χ0) is 12.1. The van der Waals surface area contributed by atoms with Crippen LogP contribution in [0.25, 0.3) is 0 Å². The molecule has 0 bridgehead atoms. The van der Waals surface area contributed by atoms with Crippen LogP contribution >= 0.6 is 23.1 Å². The lowest BCUT2D eigenvalue weighted by molar-refractivity contribution is 0.635. The third-order valence-corrected chi connectivity index (χ3v) is 5.68. The van der Waals surface area contributed by atoms with Gasteiger partial charge < -0.3 is 5.73 Å². The van der Waals surface area contributed by atoms with Crippen molar-refractivity contribution in [2.75, 3.05) is 5.75 Å². The SMILES string of the molecule is CCC(N)C(SCC(C)C)c1sccc1C. The summed E-state index contributed by atoms with van der Waals surface area (Å²) < 4.78 is 0. The Hall–Kier alpha value is 0.0100. The van der Waals surface area contributed by atoms with E-state index in [4.69, 9.17) is 5.73 Å². The highest BCUT2D eigenvalue weighted by atomic mass is 32.2. The molecule has 2 atom stereocenters. The zero-order valence-electron chi connectivity index (χ0n) is 10.7. The second kappa shape index (κ2) is 6.67. The van der Waals surface area contributed by atoms with Gasteiger partial charge in [0, 0.05) is 10.9 Å². The molecule has 0 radical (unpaired) electrons. The predicted octanol–water partition coefficient (Wildman–Crippen LogP) is 4.22. The van der Waals surface area contributed by atoms with Gasteiger partial charge in [-0.2, -0.15) is 11.8 Å². The standard InChI is InChI=1S/C13H23NS2/c1-5-11(14)13(16-8-9(2)3)12-10(4)6-7-15-12/h6-7,9,11,13H,5,8,14H2,1-4H3. The number of aryl methyl sites for hydroxylation is 1. The highest BCUT2D eigenvalue weighted by Gasteiger charge is 2.22. The van der Waals surface area contributed by atoms with Gasteiger partial charge in [0.2, 0.25) is 0 Å². The molecule has 16 heavy (non-hydrogen) atoms. The van der Waals surface area contributed by atoms with Crippen LogP contribution in [-0.2, 0) is 0 Å². The summed E-state index contributed by atoms with van der Waals surface area (Å²) in [5.74, 6) is 1.92. The van der Waals surface area contributed by atoms with Crippen molar-refractivity contribution in [3.05, 3.63) is 21.9 Å². The fourth-order valence-corrected chi connectivity index (χ4v) is 4.30. The Balaban J connectivity index is 2.75. The van der Waals surface area contributed by atoms with Gasteiger partial charge in [0.25, 0.3) is 0 Å². The summed E-state index contributed by atoms with van der Waals surface area (Å²) in [6.07, 6.45) is 1.05. The number of hydrogen-bond acceptors (Lipinski definition) is 3. The molecule has 1 rings (SSSR count). The van der Waals surface area contributed by atoms with E-state index in [-0.39, 0.29) is 6.04 Å². The number of rotatable bonds is 6. The van der Waals surface area contributed by atoms with Gasteiger partial charge in [0.05, 0.1) is 5.25 Å². The molecule has 0 aliphatic heterocycles. The van der Waals surface area contributed by atoms with Gasteiger partial charge in [-0.05, 0) is 42.0 Å². The maximum absolute atomic E-state index is 6.25. The summed E-state index contributed by atoms with van der Waals surface area (Å²) in [6.45, 7) is 8.90. The molecule has 1 heterocycles. The van der Waals surface area contributed by atoms with Crippen molar-refractivity contribution < 1.29 is 0 Å². The first-order valence-corrected chi connectivity index (χ1v) is 7.90. The molecule has 0 aliphatic carbocycles. The van der Waals surface area contributed by atoms with Gasteiger partial charge in [-0.15, -0.1) is 11.3 Å². The second-order valence-corrected chi connectivity index (χ2v) is 6.81. The van der Waals surface area contributed by atoms with Crippen molar-refractivity contribution in [3.8, 4) is 0 Å². The van der Waals surface area contributed by atoms with Crippen LogP contribution in [0.15, 0.2) is 11.4 Å². The molecule has 0 saturated carbocycles. The molecule has 92 valence electrons. The van der Waals surface area contributed by atoms with Crippen molar-refractivity contribution in [1.29, 1.82) is 0 Å². The topological polar surface area (TPSA) is 26.0 Å². The van der Waals surface area contributed by atoms with Crippen LogP contribution in [0, 0.1) is 12.8 Å². The summed E-state index contributed by atoms with van der Waals surface area (Å²) in [5, 5.41) is 2.66. The van der Waals surface area contributed by atoms with Crippen LogP contribution in [0.2, 0.25) is 0 Å². The van der Waals surface area contributed by atoms with E-state index in [0.29, 0.717) is 5.25 Å². The predicted molar refractivity (Wildman–Crippen MR) is 77.4 cm³/mol. The van der Waals surface area contributed by atoms with Crippen LogP contribution in [0.4, 0.5) is 0 Å². The quantitative estimate of drug-likeness (QED) is 0.825. The summed E-state index contributed by atoms with van der Waals surface area (Å²) >= 11 is 3.87. The first kappa shape index (κ1) is 14.1. The Kier molecular flexibility index (Phi) is 5.87. The number of thiophene rings is 1. The van der Waals surface area contributed by atoms with E-state index in [1.807, 2.05) is 23.1 Å². The minimum Gasteiger partial charge on any atom is -0.326 e. The average molecular weight is 257 g/mol. The largest absolute Gasteiger partial charge is 0.326 e. The summed E-state index contributed by atoms with van der Waals surface area (Å²) in [7, 11) is 0. The maximum atomic E-state index is 6.25. The second-order valence-electron chi connectivity index (χ2n) is 4.69. The minimum atomic E-state index is 0.279. The summed E-state index contributed by atoms with van der Waals surface area (Å²) in [4.78, 5) is 1.47. The maximum Gasteiger partial charge on any atom is 0.0544 e. The van der Waals surface area contributed by atoms with Crippen LogP contribution in [0.1, 0.15) is 42.9 Å². The van der Waals surface area contributed by atoms with Gasteiger partial charge in [-0.3, -0.25) is 0 Å². The molecule has 1 nitrogen and oxygen atoms in total. The molecule has 3 heteroatoms. The van der Waals surface area contributed by atoms with Crippen LogP contribution in [0.5, 0.6) is 0 Å². The molecule has 0 aliphatic rings. The van der Waals surface area contributed by atoms with E-state index in [1.165, 1.54) is 16.2 Å². The molecule has 2 N–H and O–H groups in total. The van der Waals surface area contributed by atoms with Gasteiger partial charge >= 0.3 is 0 Å². The molecule has 0 aromatic carbocycles. The van der Waals surface area contributed by atoms with Crippen molar-refractivity contribution in [3.63, 3.8) is 0 Å². The molecule has 1 aromatic rings. The highest BCUT2D eigenvalue weighted by Crippen LogP contribution is 2.38. The fraction of sp³-hybridized carbons (Fsp3) is 0.692. The molecular formula is C13H23NS2. The first-order chi connectivity index (χ1) is 7.56. The van der Waals surface area contributed by atoms with E-state index < -0.39 is 0 Å². The lowest BCUT2D eigenvalue weighted by Gasteiger charge is -2.23. The van der Waals surface area contributed by atoms with Crippen molar-refractivity contribution in [1.82, 2.24) is 0 Å². The molecule has 0 spiro atoms. The molecule has 1 aromatic heterocycles. The van der Waals surface area contributed by atoms with Crippen LogP contribution < -0.4 is 5.73 Å². The summed E-state index contributed by atoms with van der Waals surface area (Å²) in [6, 6.07) is 2.48. The third kappa shape index (κ3) is 3.79. The van der Waals surface area contributed by atoms with E-state index in [0.717, 1.165) is 12.3 Å². The molecule has 0 saturated heterocycles. The Morgan fingerprint density at radius 2 is 2.12 bits per heavy atom. The summed E-state index contributed by atoms with van der Waals surface area (Å²) in [5.41, 5.74) is 7.65. The number of thioether (sulfide) groups is 1. The Morgan fingerprint density at radius 3 is 2.56 bits per heavy atom. The number of hydrogen-bond donors (Lipinski definition) is 1. The van der Waals surface area contributed by atoms with Crippen LogP contribution in [0.3, 0.4) is 0 Å².